The summed E-state index contributed by atoms with van der Waals surface area (Å²) in [6.45, 7) is 4.50. The lowest BCUT2D eigenvalue weighted by atomic mass is 9.53. The lowest BCUT2D eigenvalue weighted by Gasteiger charge is -2.56. The van der Waals surface area contributed by atoms with Gasteiger partial charge in [0, 0.05) is 29.9 Å². The first kappa shape index (κ1) is 16.6. The summed E-state index contributed by atoms with van der Waals surface area (Å²) in [7, 11) is 0. The number of carbonyl (C=O) groups is 1. The molecule has 4 bridgehead atoms. The number of hydrogen-bond donors (Lipinski definition) is 2. The van der Waals surface area contributed by atoms with Gasteiger partial charge in [-0.3, -0.25) is 9.36 Å². The van der Waals surface area contributed by atoms with Crippen molar-refractivity contribution in [1.29, 1.82) is 0 Å². The monoisotopic (exact) mass is 344 g/mol. The van der Waals surface area contributed by atoms with Crippen molar-refractivity contribution in [3.05, 3.63) is 27.9 Å². The fourth-order valence-corrected chi connectivity index (χ4v) is 5.67. The molecule has 6 nitrogen and oxygen atoms in total. The number of nitrogens with zero attached hydrogens (tertiary/aromatic N) is 2. The van der Waals surface area contributed by atoms with E-state index in [4.69, 9.17) is 0 Å². The lowest BCUT2D eigenvalue weighted by molar-refractivity contribution is -0.0135. The lowest BCUT2D eigenvalue weighted by Crippen LogP contribution is -2.61. The summed E-state index contributed by atoms with van der Waals surface area (Å²) in [4.78, 5) is 28.8. The zero-order valence-electron chi connectivity index (χ0n) is 15.2. The Morgan fingerprint density at radius 2 is 1.80 bits per heavy atom. The van der Waals surface area contributed by atoms with Gasteiger partial charge in [-0.2, -0.15) is 0 Å². The molecule has 4 aliphatic rings. The Morgan fingerprint density at radius 3 is 2.40 bits per heavy atom. The first-order valence-electron chi connectivity index (χ1n) is 9.53. The Hall–Kier alpha value is -1.85. The van der Waals surface area contributed by atoms with Crippen LogP contribution in [-0.2, 0) is 6.54 Å². The van der Waals surface area contributed by atoms with Crippen molar-refractivity contribution in [2.45, 2.75) is 64.5 Å². The van der Waals surface area contributed by atoms with Crippen molar-refractivity contribution < 1.29 is 4.79 Å². The minimum Gasteiger partial charge on any atom is -0.336 e. The van der Waals surface area contributed by atoms with E-state index in [0.29, 0.717) is 18.7 Å². The molecule has 2 amide bonds. The summed E-state index contributed by atoms with van der Waals surface area (Å²) >= 11 is 0. The molecule has 2 N–H and O–H groups in total. The Labute approximate surface area is 148 Å². The Morgan fingerprint density at radius 1 is 1.20 bits per heavy atom. The molecule has 1 aromatic heterocycles. The van der Waals surface area contributed by atoms with Crippen LogP contribution in [0.25, 0.3) is 0 Å². The van der Waals surface area contributed by atoms with Gasteiger partial charge in [-0.1, -0.05) is 0 Å². The SMILES string of the molecule is Cc1ncn(CCNC(=O)NC23CC4CC(CC(C4)C2)C3)c(=O)c1C. The summed E-state index contributed by atoms with van der Waals surface area (Å²) in [5, 5.41) is 6.22. The van der Waals surface area contributed by atoms with Crippen molar-refractivity contribution in [3.63, 3.8) is 0 Å². The minimum absolute atomic E-state index is 0.0255. The highest BCUT2D eigenvalue weighted by atomic mass is 16.2. The maximum atomic E-state index is 12.4. The van der Waals surface area contributed by atoms with Gasteiger partial charge in [-0.05, 0) is 70.1 Å². The van der Waals surface area contributed by atoms with Crippen LogP contribution in [0.2, 0.25) is 0 Å². The molecule has 136 valence electrons. The summed E-state index contributed by atoms with van der Waals surface area (Å²) in [6, 6.07) is -0.0909. The normalized spacial score (nSPS) is 32.6. The van der Waals surface area contributed by atoms with Crippen molar-refractivity contribution in [3.8, 4) is 0 Å². The second-order valence-corrected chi connectivity index (χ2v) is 8.53. The van der Waals surface area contributed by atoms with E-state index in [9.17, 15) is 9.59 Å². The van der Waals surface area contributed by atoms with E-state index >= 15 is 0 Å². The molecule has 4 fully saturated rings. The predicted octanol–water partition coefficient (Wildman–Crippen LogP) is 2.13. The average Bonchev–Trinajstić information content (AvgIpc) is 2.53. The number of aryl methyl sites for hydroxylation is 1. The van der Waals surface area contributed by atoms with Crippen LogP contribution >= 0.6 is 0 Å². The molecule has 0 unspecified atom stereocenters. The smallest absolute Gasteiger partial charge is 0.315 e. The van der Waals surface area contributed by atoms with Gasteiger partial charge in [-0.25, -0.2) is 9.78 Å². The molecular formula is C19H28N4O2. The minimum atomic E-state index is -0.0909. The predicted molar refractivity (Wildman–Crippen MR) is 95.4 cm³/mol. The highest BCUT2D eigenvalue weighted by Gasteiger charge is 2.51. The van der Waals surface area contributed by atoms with Gasteiger partial charge in [0.15, 0.2) is 0 Å². The zero-order chi connectivity index (χ0) is 17.6. The van der Waals surface area contributed by atoms with Crippen LogP contribution in [0.15, 0.2) is 11.1 Å². The first-order chi connectivity index (χ1) is 11.9. The molecule has 4 saturated carbocycles. The van der Waals surface area contributed by atoms with E-state index in [-0.39, 0.29) is 17.1 Å². The topological polar surface area (TPSA) is 76.0 Å². The first-order valence-corrected chi connectivity index (χ1v) is 9.53. The van der Waals surface area contributed by atoms with Crippen LogP contribution in [0.3, 0.4) is 0 Å². The molecule has 4 aliphatic carbocycles. The number of nitrogens with one attached hydrogen (secondary N) is 2. The molecule has 25 heavy (non-hydrogen) atoms. The number of urea groups is 1. The summed E-state index contributed by atoms with van der Waals surface area (Å²) in [5.74, 6) is 2.44. The van der Waals surface area contributed by atoms with Gasteiger partial charge in [0.25, 0.3) is 5.56 Å². The second-order valence-electron chi connectivity index (χ2n) is 8.53. The van der Waals surface area contributed by atoms with Gasteiger partial charge in [0.05, 0.1) is 6.33 Å². The van der Waals surface area contributed by atoms with Gasteiger partial charge in [0.2, 0.25) is 0 Å². The number of hydrogen-bond acceptors (Lipinski definition) is 3. The van der Waals surface area contributed by atoms with Crippen LogP contribution < -0.4 is 16.2 Å². The maximum Gasteiger partial charge on any atom is 0.315 e. The van der Waals surface area contributed by atoms with E-state index < -0.39 is 0 Å². The number of carbonyl (C=O) groups excluding carboxylic acids is 1. The molecule has 0 saturated heterocycles. The van der Waals surface area contributed by atoms with Crippen LogP contribution in [-0.4, -0.2) is 27.7 Å². The molecule has 0 aliphatic heterocycles. The highest BCUT2D eigenvalue weighted by molar-refractivity contribution is 5.74. The van der Waals surface area contributed by atoms with E-state index in [0.717, 1.165) is 42.7 Å². The van der Waals surface area contributed by atoms with Gasteiger partial charge in [-0.15, -0.1) is 0 Å². The summed E-state index contributed by atoms with van der Waals surface area (Å²) in [6.07, 6.45) is 9.10. The molecule has 0 spiro atoms. The fourth-order valence-electron chi connectivity index (χ4n) is 5.67. The number of aromatic nitrogens is 2. The Balaban J connectivity index is 1.32. The van der Waals surface area contributed by atoms with Crippen LogP contribution in [0, 0.1) is 31.6 Å². The average molecular weight is 344 g/mol. The van der Waals surface area contributed by atoms with Crippen molar-refractivity contribution in [1.82, 2.24) is 20.2 Å². The molecule has 0 atom stereocenters. The quantitative estimate of drug-likeness (QED) is 0.878. The number of amides is 2. The molecular weight excluding hydrogens is 316 g/mol. The van der Waals surface area contributed by atoms with E-state index in [1.54, 1.807) is 17.8 Å². The third kappa shape index (κ3) is 3.18. The van der Waals surface area contributed by atoms with E-state index in [2.05, 4.69) is 15.6 Å². The second kappa shape index (κ2) is 6.15. The molecule has 6 heteroatoms. The number of rotatable bonds is 4. The zero-order valence-corrected chi connectivity index (χ0v) is 15.2. The molecule has 1 heterocycles. The van der Waals surface area contributed by atoms with Gasteiger partial charge >= 0.3 is 6.03 Å². The third-order valence-corrected chi connectivity index (χ3v) is 6.57. The standard InChI is InChI=1S/C19H28N4O2/c1-12-13(2)21-11-23(17(12)24)4-3-20-18(25)22-19-8-14-5-15(9-19)7-16(6-14)10-19/h11,14-16H,3-10H2,1-2H3,(H2,20,22,25). The van der Waals surface area contributed by atoms with Gasteiger partial charge < -0.3 is 10.6 Å². The third-order valence-electron chi connectivity index (χ3n) is 6.57. The fraction of sp³-hybridized carbons (Fsp3) is 0.737. The Bertz CT molecular complexity index is 704. The summed E-state index contributed by atoms with van der Waals surface area (Å²) in [5.41, 5.74) is 1.42. The van der Waals surface area contributed by atoms with Crippen LogP contribution in [0.4, 0.5) is 4.79 Å². The van der Waals surface area contributed by atoms with Crippen molar-refractivity contribution in [2.75, 3.05) is 6.54 Å². The van der Waals surface area contributed by atoms with E-state index in [1.807, 2.05) is 6.92 Å². The van der Waals surface area contributed by atoms with Crippen LogP contribution in [0.1, 0.15) is 49.8 Å². The van der Waals surface area contributed by atoms with Crippen LogP contribution in [0.5, 0.6) is 0 Å². The maximum absolute atomic E-state index is 12.4. The molecule has 0 aromatic carbocycles. The highest BCUT2D eigenvalue weighted by Crippen LogP contribution is 2.55. The van der Waals surface area contributed by atoms with Crippen molar-refractivity contribution in [2.24, 2.45) is 17.8 Å². The molecule has 0 radical (unpaired) electrons. The van der Waals surface area contributed by atoms with Gasteiger partial charge in [0.1, 0.15) is 0 Å². The molecule has 1 aromatic rings. The Kier molecular flexibility index (Phi) is 4.08. The molecule has 5 rings (SSSR count). The van der Waals surface area contributed by atoms with E-state index in [1.165, 1.54) is 19.3 Å². The largest absolute Gasteiger partial charge is 0.336 e. The van der Waals surface area contributed by atoms with Crippen molar-refractivity contribution >= 4 is 6.03 Å². The summed E-state index contributed by atoms with van der Waals surface area (Å²) < 4.78 is 1.56.